The molecule has 0 aliphatic carbocycles. The summed E-state index contributed by atoms with van der Waals surface area (Å²) in [5, 5.41) is 8.00. The zero-order chi connectivity index (χ0) is 23.9. The second kappa shape index (κ2) is 10.8. The minimum atomic E-state index is -0.274. The van der Waals surface area contributed by atoms with E-state index in [1.54, 1.807) is 36.4 Å². The third-order valence-electron chi connectivity index (χ3n) is 5.17. The van der Waals surface area contributed by atoms with Gasteiger partial charge < -0.3 is 20.1 Å². The van der Waals surface area contributed by atoms with E-state index in [0.29, 0.717) is 28.4 Å². The zero-order valence-corrected chi connectivity index (χ0v) is 19.6. The maximum atomic E-state index is 12.7. The Morgan fingerprint density at radius 2 is 1.35 bits per heavy atom. The number of fused-ring (bicyclic) bond motifs is 1. The minimum Gasteiger partial charge on any atom is -0.494 e. The molecule has 0 aliphatic heterocycles. The molecule has 0 aliphatic rings. The van der Waals surface area contributed by atoms with Crippen LogP contribution in [0, 0.1) is 0 Å². The van der Waals surface area contributed by atoms with Gasteiger partial charge in [-0.1, -0.05) is 48.5 Å². The number of rotatable bonds is 8. The summed E-state index contributed by atoms with van der Waals surface area (Å²) in [4.78, 5) is 26.2. The number of hydrogen-bond acceptors (Lipinski definition) is 5. The Hall–Kier alpha value is -3.97. The average molecular weight is 473 g/mol. The van der Waals surface area contributed by atoms with Gasteiger partial charge in [-0.2, -0.15) is 0 Å². The number of amides is 2. The van der Waals surface area contributed by atoms with Gasteiger partial charge in [-0.25, -0.2) is 0 Å². The lowest BCUT2D eigenvalue weighted by Gasteiger charge is -2.16. The standard InChI is InChI=1S/C27H24N2O4S/c1-32-24-16-23(29-27(31)19-9-4-3-5-10-19)25(33-2)15-22(24)28-26(30)17-34-21-13-12-18-8-6-7-11-20(18)14-21/h3-16H,17H2,1-2H3,(H,28,30)(H,29,31). The molecule has 0 spiro atoms. The van der Waals surface area contributed by atoms with E-state index in [9.17, 15) is 9.59 Å². The largest absolute Gasteiger partial charge is 0.494 e. The zero-order valence-electron chi connectivity index (χ0n) is 18.8. The summed E-state index contributed by atoms with van der Waals surface area (Å²) in [5.74, 6) is 0.593. The molecule has 4 aromatic rings. The molecule has 0 saturated heterocycles. The maximum absolute atomic E-state index is 12.7. The van der Waals surface area contributed by atoms with Gasteiger partial charge >= 0.3 is 0 Å². The average Bonchev–Trinajstić information content (AvgIpc) is 2.88. The first kappa shape index (κ1) is 23.2. The van der Waals surface area contributed by atoms with Gasteiger partial charge in [0, 0.05) is 22.6 Å². The van der Waals surface area contributed by atoms with Crippen molar-refractivity contribution in [3.05, 3.63) is 90.5 Å². The number of benzene rings is 4. The molecule has 0 aromatic heterocycles. The summed E-state index contributed by atoms with van der Waals surface area (Å²) in [6, 6.07) is 26.4. The van der Waals surface area contributed by atoms with E-state index in [2.05, 4.69) is 28.8 Å². The quantitative estimate of drug-likeness (QED) is 0.315. The Morgan fingerprint density at radius 3 is 2.03 bits per heavy atom. The van der Waals surface area contributed by atoms with Crippen molar-refractivity contribution in [2.45, 2.75) is 4.90 Å². The van der Waals surface area contributed by atoms with E-state index in [0.717, 1.165) is 15.7 Å². The number of hydrogen-bond donors (Lipinski definition) is 2. The minimum absolute atomic E-state index is 0.181. The molecule has 0 unspecified atom stereocenters. The molecule has 0 radical (unpaired) electrons. The van der Waals surface area contributed by atoms with Crippen molar-refractivity contribution in [1.82, 2.24) is 0 Å². The highest BCUT2D eigenvalue weighted by atomic mass is 32.2. The first-order chi connectivity index (χ1) is 16.6. The number of thioether (sulfide) groups is 1. The second-order valence-electron chi connectivity index (χ2n) is 7.42. The fourth-order valence-corrected chi connectivity index (χ4v) is 4.21. The van der Waals surface area contributed by atoms with Crippen LogP contribution in [0.5, 0.6) is 11.5 Å². The lowest BCUT2D eigenvalue weighted by molar-refractivity contribution is -0.113. The van der Waals surface area contributed by atoms with Crippen molar-refractivity contribution in [1.29, 1.82) is 0 Å². The van der Waals surface area contributed by atoms with Gasteiger partial charge in [-0.3, -0.25) is 9.59 Å². The molecule has 0 fully saturated rings. The van der Waals surface area contributed by atoms with Crippen LogP contribution in [-0.4, -0.2) is 31.8 Å². The van der Waals surface area contributed by atoms with E-state index < -0.39 is 0 Å². The molecule has 0 saturated carbocycles. The first-order valence-corrected chi connectivity index (χ1v) is 11.6. The fraction of sp³-hybridized carbons (Fsp3) is 0.111. The summed E-state index contributed by atoms with van der Waals surface area (Å²) in [5.41, 5.74) is 1.42. The van der Waals surface area contributed by atoms with Crippen molar-refractivity contribution in [2.75, 3.05) is 30.6 Å². The smallest absolute Gasteiger partial charge is 0.255 e. The van der Waals surface area contributed by atoms with Crippen LogP contribution < -0.4 is 20.1 Å². The van der Waals surface area contributed by atoms with Gasteiger partial charge in [0.15, 0.2) is 0 Å². The number of carbonyl (C=O) groups is 2. The van der Waals surface area contributed by atoms with E-state index in [1.165, 1.54) is 26.0 Å². The molecule has 2 N–H and O–H groups in total. The Kier molecular flexibility index (Phi) is 7.34. The number of carbonyl (C=O) groups excluding carboxylic acids is 2. The number of methoxy groups -OCH3 is 2. The molecule has 34 heavy (non-hydrogen) atoms. The number of anilines is 2. The second-order valence-corrected chi connectivity index (χ2v) is 8.47. The molecule has 4 aromatic carbocycles. The Bertz CT molecular complexity index is 1330. The van der Waals surface area contributed by atoms with Crippen molar-refractivity contribution in [3.63, 3.8) is 0 Å². The summed E-state index contributed by atoms with van der Waals surface area (Å²) < 4.78 is 10.9. The van der Waals surface area contributed by atoms with Gasteiger partial charge in [-0.05, 0) is 35.0 Å². The van der Waals surface area contributed by atoms with Crippen LogP contribution in [0.3, 0.4) is 0 Å². The van der Waals surface area contributed by atoms with Crippen molar-refractivity contribution in [3.8, 4) is 11.5 Å². The third kappa shape index (κ3) is 5.50. The summed E-state index contributed by atoms with van der Waals surface area (Å²) in [6.45, 7) is 0. The normalized spacial score (nSPS) is 10.5. The summed E-state index contributed by atoms with van der Waals surface area (Å²) in [6.07, 6.45) is 0. The molecule has 0 heterocycles. The maximum Gasteiger partial charge on any atom is 0.255 e. The Balaban J connectivity index is 1.46. The van der Waals surface area contributed by atoms with Crippen LogP contribution in [0.4, 0.5) is 11.4 Å². The highest BCUT2D eigenvalue weighted by Crippen LogP contribution is 2.37. The highest BCUT2D eigenvalue weighted by molar-refractivity contribution is 8.00. The predicted octanol–water partition coefficient (Wildman–Crippen LogP) is 5.84. The van der Waals surface area contributed by atoms with Crippen molar-refractivity contribution < 1.29 is 19.1 Å². The number of nitrogens with one attached hydrogen (secondary N) is 2. The van der Waals surface area contributed by atoms with Gasteiger partial charge in [0.2, 0.25) is 5.91 Å². The Labute approximate surface area is 202 Å². The fourth-order valence-electron chi connectivity index (χ4n) is 3.47. The molecule has 0 bridgehead atoms. The van der Waals surface area contributed by atoms with E-state index >= 15 is 0 Å². The van der Waals surface area contributed by atoms with Crippen LogP contribution in [0.25, 0.3) is 10.8 Å². The van der Waals surface area contributed by atoms with Crippen LogP contribution in [0.1, 0.15) is 10.4 Å². The van der Waals surface area contributed by atoms with E-state index in [4.69, 9.17) is 9.47 Å². The number of ether oxygens (including phenoxy) is 2. The van der Waals surface area contributed by atoms with Crippen LogP contribution in [-0.2, 0) is 4.79 Å². The third-order valence-corrected chi connectivity index (χ3v) is 6.16. The van der Waals surface area contributed by atoms with Crippen molar-refractivity contribution >= 4 is 45.7 Å². The van der Waals surface area contributed by atoms with Gasteiger partial charge in [0.05, 0.1) is 31.3 Å². The predicted molar refractivity (Wildman–Crippen MR) is 137 cm³/mol. The van der Waals surface area contributed by atoms with Crippen LogP contribution in [0.2, 0.25) is 0 Å². The molecule has 0 atom stereocenters. The SMILES string of the molecule is COc1cc(NC(=O)c2ccccc2)c(OC)cc1NC(=O)CSc1ccc2ccccc2c1. The van der Waals surface area contributed by atoms with E-state index in [1.807, 2.05) is 30.3 Å². The molecular weight excluding hydrogens is 448 g/mol. The monoisotopic (exact) mass is 472 g/mol. The van der Waals surface area contributed by atoms with Crippen LogP contribution in [0.15, 0.2) is 89.8 Å². The summed E-state index contributed by atoms with van der Waals surface area (Å²) in [7, 11) is 3.01. The molecule has 2 amide bonds. The molecule has 6 nitrogen and oxygen atoms in total. The molecular formula is C27H24N2O4S. The molecule has 172 valence electrons. The van der Waals surface area contributed by atoms with Crippen LogP contribution >= 0.6 is 11.8 Å². The van der Waals surface area contributed by atoms with Gasteiger partial charge in [-0.15, -0.1) is 11.8 Å². The lowest BCUT2D eigenvalue weighted by atomic mass is 10.1. The van der Waals surface area contributed by atoms with Gasteiger partial charge in [0.1, 0.15) is 11.5 Å². The van der Waals surface area contributed by atoms with Gasteiger partial charge in [0.25, 0.3) is 5.91 Å². The molecule has 7 heteroatoms. The Morgan fingerprint density at radius 1 is 0.735 bits per heavy atom. The lowest BCUT2D eigenvalue weighted by Crippen LogP contribution is -2.16. The summed E-state index contributed by atoms with van der Waals surface area (Å²) >= 11 is 1.45. The van der Waals surface area contributed by atoms with Crippen molar-refractivity contribution in [2.24, 2.45) is 0 Å². The topological polar surface area (TPSA) is 76.7 Å². The highest BCUT2D eigenvalue weighted by Gasteiger charge is 2.16. The van der Waals surface area contributed by atoms with E-state index in [-0.39, 0.29) is 17.6 Å². The first-order valence-electron chi connectivity index (χ1n) is 10.6. The molecule has 4 rings (SSSR count).